The fourth-order valence-electron chi connectivity index (χ4n) is 6.29. The number of aromatic nitrogens is 2. The summed E-state index contributed by atoms with van der Waals surface area (Å²) in [5.41, 5.74) is 9.09. The van der Waals surface area contributed by atoms with Gasteiger partial charge in [-0.15, -0.1) is 0 Å². The Hall–Kier alpha value is -4.72. The molecule has 332 valence electrons. The smallest absolute Gasteiger partial charge is 0.307 e. The molecule has 2 aromatic heterocycles. The zero-order valence-electron chi connectivity index (χ0n) is 37.5. The van der Waals surface area contributed by atoms with E-state index in [1.807, 2.05) is 91.0 Å². The number of nitrogens with zero attached hydrogens (tertiary/aromatic N) is 2. The minimum absolute atomic E-state index is 0. The van der Waals surface area contributed by atoms with Crippen LogP contribution in [-0.4, -0.2) is 66.1 Å². The van der Waals surface area contributed by atoms with E-state index in [9.17, 15) is 24.9 Å². The van der Waals surface area contributed by atoms with Crippen molar-refractivity contribution in [3.63, 3.8) is 0 Å². The standard InChI is InChI=1S/C25H31NO3Si.C19H17NO3.C6H15ClSi.CH4/c1-25(2,3)30(4,5)29-15-14-19-12-9-13-21-23(18-10-7-6-8-11-18)20(16-22(27)28)17-26-24(19)21;21-10-9-14-7-4-8-16-18(13-5-2-1-3-6-13)15(11-17(22)23)12-20-19(14)16;1-6(2,3)8(4,5)7;/h6-13,17H,14-16H2,1-5H3,(H,27,28);1-8,12,21H,9-11H2,(H,22,23);1-5H3;1H4. The van der Waals surface area contributed by atoms with Gasteiger partial charge in [0.25, 0.3) is 0 Å². The lowest BCUT2D eigenvalue weighted by atomic mass is 9.93. The fourth-order valence-corrected chi connectivity index (χ4v) is 7.34. The van der Waals surface area contributed by atoms with Crippen LogP contribution >= 0.6 is 11.1 Å². The average Bonchev–Trinajstić information content (AvgIpc) is 3.17. The van der Waals surface area contributed by atoms with Crippen molar-refractivity contribution in [2.24, 2.45) is 0 Å². The van der Waals surface area contributed by atoms with E-state index in [1.54, 1.807) is 12.4 Å². The largest absolute Gasteiger partial charge is 0.481 e. The Labute approximate surface area is 376 Å². The Morgan fingerprint density at radius 2 is 0.984 bits per heavy atom. The van der Waals surface area contributed by atoms with Crippen molar-refractivity contribution in [1.82, 2.24) is 9.97 Å². The van der Waals surface area contributed by atoms with Crippen LogP contribution in [0.4, 0.5) is 0 Å². The molecule has 11 heteroatoms. The molecule has 3 N–H and O–H groups in total. The van der Waals surface area contributed by atoms with Gasteiger partial charge in [0.15, 0.2) is 15.7 Å². The molecule has 0 aliphatic heterocycles. The molecule has 0 fully saturated rings. The third kappa shape index (κ3) is 13.6. The molecule has 0 atom stereocenters. The summed E-state index contributed by atoms with van der Waals surface area (Å²) in [6.45, 7) is 22.9. The summed E-state index contributed by atoms with van der Waals surface area (Å²) >= 11 is 6.15. The highest BCUT2D eigenvalue weighted by Gasteiger charge is 2.37. The van der Waals surface area contributed by atoms with E-state index in [0.717, 1.165) is 67.2 Å². The number of carbonyl (C=O) groups is 2. The van der Waals surface area contributed by atoms with Crippen LogP contribution in [0.25, 0.3) is 44.1 Å². The average molecular weight is 896 g/mol. The Morgan fingerprint density at radius 3 is 1.32 bits per heavy atom. The SMILES string of the molecule is C.CC(C)(C)[Si](C)(C)Cl.CC(C)(C)[Si](C)(C)OCCc1cccc2c(-c3ccccc3)c(CC(=O)O)cnc12.O=C(O)Cc1cnc2c(CCO)cccc2c1-c1ccccc1. The van der Waals surface area contributed by atoms with Gasteiger partial charge in [0.05, 0.1) is 23.9 Å². The van der Waals surface area contributed by atoms with Crippen molar-refractivity contribution in [3.05, 3.63) is 132 Å². The van der Waals surface area contributed by atoms with E-state index < -0.39 is 27.6 Å². The molecule has 6 aromatic rings. The third-order valence-corrected chi connectivity index (χ3v) is 21.5. The van der Waals surface area contributed by atoms with Gasteiger partial charge in [-0.3, -0.25) is 19.6 Å². The summed E-state index contributed by atoms with van der Waals surface area (Å²) in [5, 5.41) is 30.2. The van der Waals surface area contributed by atoms with E-state index in [0.29, 0.717) is 23.6 Å². The molecule has 0 saturated carbocycles. The van der Waals surface area contributed by atoms with Crippen molar-refractivity contribution < 1.29 is 29.3 Å². The van der Waals surface area contributed by atoms with Gasteiger partial charge in [-0.2, -0.15) is 11.1 Å². The maximum absolute atomic E-state index is 11.4. The lowest BCUT2D eigenvalue weighted by Gasteiger charge is -2.36. The summed E-state index contributed by atoms with van der Waals surface area (Å²) in [6.07, 6.45) is 4.54. The number of aliphatic carboxylic acids is 2. The fraction of sp³-hybridized carbons (Fsp3) is 0.373. The van der Waals surface area contributed by atoms with Gasteiger partial charge in [0.2, 0.25) is 0 Å². The number of aliphatic hydroxyl groups is 1. The summed E-state index contributed by atoms with van der Waals surface area (Å²) in [5.74, 6) is -1.73. The number of hydrogen-bond donors (Lipinski definition) is 3. The number of aliphatic hydroxyl groups excluding tert-OH is 1. The Morgan fingerprint density at radius 1 is 0.597 bits per heavy atom. The molecular weight excluding hydrogens is 828 g/mol. The first-order valence-corrected chi connectivity index (χ1v) is 27.7. The number of carboxylic acids is 2. The topological polar surface area (TPSA) is 130 Å². The maximum atomic E-state index is 11.4. The summed E-state index contributed by atoms with van der Waals surface area (Å²) in [7, 11) is -3.19. The Bertz CT molecular complexity index is 2390. The van der Waals surface area contributed by atoms with Gasteiger partial charge < -0.3 is 19.7 Å². The van der Waals surface area contributed by atoms with Crippen LogP contribution in [-0.2, 0) is 39.7 Å². The van der Waals surface area contributed by atoms with Crippen LogP contribution in [0.5, 0.6) is 0 Å². The van der Waals surface area contributed by atoms with E-state index in [1.165, 1.54) is 0 Å². The monoisotopic (exact) mass is 894 g/mol. The number of rotatable bonds is 12. The van der Waals surface area contributed by atoms with Crippen molar-refractivity contribution >= 4 is 60.5 Å². The summed E-state index contributed by atoms with van der Waals surface area (Å²) in [6, 6.07) is 31.7. The molecular formula is C51H67ClN2O6Si2. The van der Waals surface area contributed by atoms with E-state index >= 15 is 0 Å². The Balaban J connectivity index is 0.000000283. The minimum Gasteiger partial charge on any atom is -0.481 e. The van der Waals surface area contributed by atoms with Crippen LogP contribution in [0.1, 0.15) is 71.2 Å². The molecule has 0 unspecified atom stereocenters. The number of halogens is 1. The third-order valence-electron chi connectivity index (χ3n) is 11.7. The number of pyridine rings is 2. The maximum Gasteiger partial charge on any atom is 0.307 e. The van der Waals surface area contributed by atoms with Crippen molar-refractivity contribution in [3.8, 4) is 22.3 Å². The normalized spacial score (nSPS) is 11.8. The number of fused-ring (bicyclic) bond motifs is 2. The molecule has 0 aliphatic carbocycles. The number of benzene rings is 4. The first-order chi connectivity index (χ1) is 28.6. The predicted octanol–water partition coefficient (Wildman–Crippen LogP) is 13.0. The highest BCUT2D eigenvalue weighted by Crippen LogP contribution is 2.39. The molecule has 0 aliphatic rings. The highest BCUT2D eigenvalue weighted by molar-refractivity contribution is 7.20. The first kappa shape index (κ1) is 51.6. The van der Waals surface area contributed by atoms with Crippen molar-refractivity contribution in [2.75, 3.05) is 13.2 Å². The highest BCUT2D eigenvalue weighted by atomic mass is 35.6. The van der Waals surface area contributed by atoms with Gasteiger partial charge in [-0.1, -0.05) is 159 Å². The second kappa shape index (κ2) is 22.1. The van der Waals surface area contributed by atoms with Crippen molar-refractivity contribution in [2.45, 2.75) is 111 Å². The molecule has 4 aromatic carbocycles. The van der Waals surface area contributed by atoms with Crippen LogP contribution in [0.3, 0.4) is 0 Å². The van der Waals surface area contributed by atoms with Crippen LogP contribution in [0.2, 0.25) is 36.3 Å². The summed E-state index contributed by atoms with van der Waals surface area (Å²) in [4.78, 5) is 31.8. The molecule has 62 heavy (non-hydrogen) atoms. The molecule has 6 rings (SSSR count). The number of hydrogen-bond acceptors (Lipinski definition) is 6. The molecule has 0 saturated heterocycles. The van der Waals surface area contributed by atoms with Gasteiger partial charge in [0, 0.05) is 36.4 Å². The molecule has 0 amide bonds. The van der Waals surface area contributed by atoms with Crippen LogP contribution < -0.4 is 0 Å². The summed E-state index contributed by atoms with van der Waals surface area (Å²) < 4.78 is 6.37. The van der Waals surface area contributed by atoms with Crippen molar-refractivity contribution in [1.29, 1.82) is 0 Å². The van der Waals surface area contributed by atoms with E-state index in [2.05, 4.69) is 83.8 Å². The van der Waals surface area contributed by atoms with Crippen LogP contribution in [0.15, 0.2) is 109 Å². The van der Waals surface area contributed by atoms with Gasteiger partial charge in [-0.25, -0.2) is 0 Å². The zero-order chi connectivity index (χ0) is 45.2. The molecule has 2 heterocycles. The quantitative estimate of drug-likeness (QED) is 0.0818. The Kier molecular flexibility index (Phi) is 18.4. The molecule has 0 radical (unpaired) electrons. The molecule has 8 nitrogen and oxygen atoms in total. The predicted molar refractivity (Wildman–Crippen MR) is 264 cm³/mol. The van der Waals surface area contributed by atoms with Gasteiger partial charge in [0.1, 0.15) is 0 Å². The number of carboxylic acid groups (broad SMARTS) is 2. The van der Waals surface area contributed by atoms with E-state index in [4.69, 9.17) is 15.5 Å². The van der Waals surface area contributed by atoms with Gasteiger partial charge >= 0.3 is 11.9 Å². The van der Waals surface area contributed by atoms with E-state index in [-0.39, 0.29) is 31.9 Å². The molecule has 0 bridgehead atoms. The molecule has 0 spiro atoms. The zero-order valence-corrected chi connectivity index (χ0v) is 40.2. The lowest BCUT2D eigenvalue weighted by Crippen LogP contribution is -2.41. The van der Waals surface area contributed by atoms with Crippen LogP contribution in [0, 0.1) is 0 Å². The second-order valence-corrected chi connectivity index (χ2v) is 30.5. The first-order valence-electron chi connectivity index (χ1n) is 20.8. The lowest BCUT2D eigenvalue weighted by molar-refractivity contribution is -0.137. The number of para-hydroxylation sites is 2. The minimum atomic E-state index is -1.80. The second-order valence-electron chi connectivity index (χ2n) is 18.4. The van der Waals surface area contributed by atoms with Gasteiger partial charge in [-0.05, 0) is 80.5 Å².